The van der Waals surface area contributed by atoms with E-state index >= 15 is 0 Å². The van der Waals surface area contributed by atoms with Crippen molar-refractivity contribution in [1.29, 1.82) is 5.26 Å². The van der Waals surface area contributed by atoms with Gasteiger partial charge < -0.3 is 15.0 Å². The molecule has 7 heteroatoms. The topological polar surface area (TPSA) is 77.0 Å². The van der Waals surface area contributed by atoms with E-state index in [0.29, 0.717) is 10.7 Å². The number of ether oxygens (including phenoxy) is 1. The van der Waals surface area contributed by atoms with Gasteiger partial charge >= 0.3 is 0 Å². The lowest BCUT2D eigenvalue weighted by Crippen LogP contribution is -2.32. The molecule has 4 rings (SSSR count). The van der Waals surface area contributed by atoms with Crippen LogP contribution >= 0.6 is 11.3 Å². The van der Waals surface area contributed by atoms with Gasteiger partial charge in [0.05, 0.1) is 23.4 Å². The Kier molecular flexibility index (Phi) is 5.22. The van der Waals surface area contributed by atoms with Gasteiger partial charge in [0.1, 0.15) is 16.7 Å². The van der Waals surface area contributed by atoms with Crippen molar-refractivity contribution in [1.82, 2.24) is 10.2 Å². The molecule has 0 radical (unpaired) electrons. The average molecular weight is 394 g/mol. The Hall–Kier alpha value is -2.98. The zero-order chi connectivity index (χ0) is 19.5. The first-order valence-corrected chi connectivity index (χ1v) is 10.2. The van der Waals surface area contributed by atoms with Gasteiger partial charge in [0.15, 0.2) is 5.82 Å². The maximum absolute atomic E-state index is 8.99. The molecule has 6 nitrogen and oxygen atoms in total. The normalized spacial score (nSPS) is 14.7. The number of anilines is 3. The van der Waals surface area contributed by atoms with Crippen LogP contribution in [0, 0.1) is 17.2 Å². The van der Waals surface area contributed by atoms with E-state index in [1.54, 1.807) is 7.11 Å². The predicted molar refractivity (Wildman–Crippen MR) is 114 cm³/mol. The number of benzene rings is 1. The Morgan fingerprint density at radius 1 is 1.25 bits per heavy atom. The highest BCUT2D eigenvalue weighted by atomic mass is 32.1. The summed E-state index contributed by atoms with van der Waals surface area (Å²) >= 11 is 1.44. The molecule has 1 aliphatic heterocycles. The van der Waals surface area contributed by atoms with Crippen molar-refractivity contribution < 1.29 is 4.74 Å². The minimum Gasteiger partial charge on any atom is -0.494 e. The Morgan fingerprint density at radius 3 is 2.79 bits per heavy atom. The van der Waals surface area contributed by atoms with Gasteiger partial charge in [0.2, 0.25) is 0 Å². The summed E-state index contributed by atoms with van der Waals surface area (Å²) in [5, 5.41) is 19.7. The van der Waals surface area contributed by atoms with E-state index in [-0.39, 0.29) is 0 Å². The lowest BCUT2D eigenvalue weighted by molar-refractivity contribution is 0.415. The van der Waals surface area contributed by atoms with Gasteiger partial charge in [0.25, 0.3) is 0 Å². The third-order valence-electron chi connectivity index (χ3n) is 5.16. The fourth-order valence-corrected chi connectivity index (χ4v) is 4.21. The molecule has 0 bridgehead atoms. The van der Waals surface area contributed by atoms with E-state index in [4.69, 9.17) is 10.00 Å². The summed E-state index contributed by atoms with van der Waals surface area (Å²) in [6.07, 6.45) is 2.46. The molecule has 0 aliphatic carbocycles. The number of nitrogens with one attached hydrogen (secondary N) is 2. The second kappa shape index (κ2) is 7.95. The van der Waals surface area contributed by atoms with E-state index in [1.807, 2.05) is 24.3 Å². The molecule has 0 spiro atoms. The molecule has 3 aromatic rings. The van der Waals surface area contributed by atoms with Crippen molar-refractivity contribution in [3.05, 3.63) is 41.3 Å². The third kappa shape index (κ3) is 3.82. The molecular weight excluding hydrogens is 370 g/mol. The summed E-state index contributed by atoms with van der Waals surface area (Å²) in [5.74, 6) is 2.31. The summed E-state index contributed by atoms with van der Waals surface area (Å²) in [6, 6.07) is 14.1. The number of hydrogen-bond donors (Lipinski definition) is 2. The van der Waals surface area contributed by atoms with Gasteiger partial charge in [-0.3, -0.25) is 5.10 Å². The molecule has 2 N–H and O–H groups in total. The molecule has 1 aliphatic rings. The van der Waals surface area contributed by atoms with Crippen LogP contribution < -0.4 is 15.0 Å². The molecule has 3 heterocycles. The molecule has 0 saturated carbocycles. The van der Waals surface area contributed by atoms with Crippen molar-refractivity contribution in [3.8, 4) is 22.4 Å². The molecule has 0 atom stereocenters. The Bertz CT molecular complexity index is 994. The SMILES string of the molecule is COc1cc(N2CCC(C)CC2)ccc1Nc1cc(-c2ccc(C#N)s2)[nH]n1. The number of aromatic amines is 1. The standard InChI is InChI=1S/C21H23N5OS/c1-14-7-9-26(10-8-14)15-3-5-17(19(11-15)27-2)23-21-12-18(24-25-21)20-6-4-16(13-22)28-20/h3-6,11-12,14H,7-10H2,1-2H3,(H2,23,24,25). The highest BCUT2D eigenvalue weighted by Gasteiger charge is 2.17. The Balaban J connectivity index is 1.51. The zero-order valence-corrected chi connectivity index (χ0v) is 16.8. The lowest BCUT2D eigenvalue weighted by Gasteiger charge is -2.32. The van der Waals surface area contributed by atoms with Gasteiger partial charge in [-0.15, -0.1) is 11.3 Å². The molecule has 2 aromatic heterocycles. The molecule has 1 aromatic carbocycles. The van der Waals surface area contributed by atoms with E-state index in [0.717, 1.165) is 41.0 Å². The van der Waals surface area contributed by atoms with Crippen molar-refractivity contribution in [2.75, 3.05) is 30.4 Å². The number of methoxy groups -OCH3 is 1. The van der Waals surface area contributed by atoms with E-state index in [2.05, 4.69) is 45.5 Å². The summed E-state index contributed by atoms with van der Waals surface area (Å²) in [5.41, 5.74) is 2.95. The van der Waals surface area contributed by atoms with E-state index in [1.165, 1.54) is 29.9 Å². The summed E-state index contributed by atoms with van der Waals surface area (Å²) < 4.78 is 5.62. The van der Waals surface area contributed by atoms with Gasteiger partial charge in [-0.05, 0) is 43.0 Å². The van der Waals surface area contributed by atoms with Crippen LogP contribution in [0.5, 0.6) is 5.75 Å². The molecule has 0 unspecified atom stereocenters. The summed E-state index contributed by atoms with van der Waals surface area (Å²) in [4.78, 5) is 4.09. The van der Waals surface area contributed by atoms with Crippen molar-refractivity contribution in [2.24, 2.45) is 5.92 Å². The fraction of sp³-hybridized carbons (Fsp3) is 0.333. The smallest absolute Gasteiger partial charge is 0.152 e. The number of nitriles is 1. The second-order valence-electron chi connectivity index (χ2n) is 7.12. The van der Waals surface area contributed by atoms with Gasteiger partial charge in [-0.2, -0.15) is 10.4 Å². The van der Waals surface area contributed by atoms with E-state index < -0.39 is 0 Å². The largest absolute Gasteiger partial charge is 0.494 e. The minimum atomic E-state index is 0.684. The first-order chi connectivity index (χ1) is 13.7. The Morgan fingerprint density at radius 2 is 2.07 bits per heavy atom. The number of H-pyrrole nitrogens is 1. The van der Waals surface area contributed by atoms with Crippen molar-refractivity contribution in [2.45, 2.75) is 19.8 Å². The number of aromatic nitrogens is 2. The number of hydrogen-bond acceptors (Lipinski definition) is 6. The van der Waals surface area contributed by atoms with Crippen LogP contribution in [0.25, 0.3) is 10.6 Å². The summed E-state index contributed by atoms with van der Waals surface area (Å²) in [6.45, 7) is 4.50. The predicted octanol–water partition coefficient (Wildman–Crippen LogP) is 5.00. The quantitative estimate of drug-likeness (QED) is 0.638. The molecule has 0 amide bonds. The number of rotatable bonds is 5. The Labute approximate surface area is 168 Å². The van der Waals surface area contributed by atoms with Crippen LogP contribution in [0.2, 0.25) is 0 Å². The maximum Gasteiger partial charge on any atom is 0.152 e. The number of piperidine rings is 1. The fourth-order valence-electron chi connectivity index (χ4n) is 3.44. The van der Waals surface area contributed by atoms with Gasteiger partial charge in [-0.25, -0.2) is 0 Å². The van der Waals surface area contributed by atoms with Crippen LogP contribution in [0.1, 0.15) is 24.6 Å². The molecule has 144 valence electrons. The highest BCUT2D eigenvalue weighted by Crippen LogP contribution is 2.34. The molecule has 28 heavy (non-hydrogen) atoms. The van der Waals surface area contributed by atoms with Crippen molar-refractivity contribution >= 4 is 28.5 Å². The first kappa shape index (κ1) is 18.4. The second-order valence-corrected chi connectivity index (χ2v) is 8.21. The number of nitrogens with zero attached hydrogens (tertiary/aromatic N) is 3. The van der Waals surface area contributed by atoms with E-state index in [9.17, 15) is 0 Å². The molecular formula is C21H23N5OS. The first-order valence-electron chi connectivity index (χ1n) is 9.42. The average Bonchev–Trinajstić information content (AvgIpc) is 3.38. The highest BCUT2D eigenvalue weighted by molar-refractivity contribution is 7.15. The van der Waals surface area contributed by atoms with Crippen LogP contribution in [0.4, 0.5) is 17.2 Å². The zero-order valence-electron chi connectivity index (χ0n) is 16.0. The van der Waals surface area contributed by atoms with Crippen LogP contribution in [-0.4, -0.2) is 30.4 Å². The number of thiophene rings is 1. The monoisotopic (exact) mass is 393 g/mol. The third-order valence-corrected chi connectivity index (χ3v) is 6.18. The van der Waals surface area contributed by atoms with Gasteiger partial charge in [-0.1, -0.05) is 6.92 Å². The van der Waals surface area contributed by atoms with Crippen LogP contribution in [-0.2, 0) is 0 Å². The molecule has 1 fully saturated rings. The van der Waals surface area contributed by atoms with Crippen LogP contribution in [0.15, 0.2) is 36.4 Å². The van der Waals surface area contributed by atoms with Gasteiger partial charge in [0, 0.05) is 30.9 Å². The lowest BCUT2D eigenvalue weighted by atomic mass is 9.99. The minimum absolute atomic E-state index is 0.684. The van der Waals surface area contributed by atoms with Crippen LogP contribution in [0.3, 0.4) is 0 Å². The molecule has 1 saturated heterocycles. The van der Waals surface area contributed by atoms with Crippen molar-refractivity contribution in [3.63, 3.8) is 0 Å². The maximum atomic E-state index is 8.99. The summed E-state index contributed by atoms with van der Waals surface area (Å²) in [7, 11) is 1.69.